The number of carbonyl (C=O) groups excluding carboxylic acids is 1. The molecule has 0 aliphatic carbocycles. The Morgan fingerprint density at radius 3 is 2.72 bits per heavy atom. The van der Waals surface area contributed by atoms with Crippen molar-refractivity contribution in [2.24, 2.45) is 11.1 Å². The van der Waals surface area contributed by atoms with Crippen LogP contribution in [0.2, 0.25) is 0 Å². The molecule has 1 atom stereocenters. The molecule has 1 saturated heterocycles. The SMILES string of the molecule is CC(C)n1ncc2c(C(=O)N3CCC(C)(CN)C3)cc(-c3ccco3)nc21.Cl.Cl. The number of likely N-dealkylation sites (tertiary alicyclic amines) is 1. The molecule has 1 aliphatic rings. The van der Waals surface area contributed by atoms with E-state index in [9.17, 15) is 4.79 Å². The number of pyridine rings is 1. The summed E-state index contributed by atoms with van der Waals surface area (Å²) in [5.74, 6) is 0.631. The van der Waals surface area contributed by atoms with Crippen LogP contribution < -0.4 is 5.73 Å². The number of rotatable bonds is 4. The molecule has 3 aromatic rings. The van der Waals surface area contributed by atoms with Gasteiger partial charge in [-0.15, -0.1) is 24.8 Å². The fourth-order valence-corrected chi connectivity index (χ4v) is 3.66. The van der Waals surface area contributed by atoms with E-state index in [4.69, 9.17) is 15.1 Å². The first-order valence-electron chi connectivity index (χ1n) is 9.33. The van der Waals surface area contributed by atoms with Crippen LogP contribution in [0.4, 0.5) is 0 Å². The highest BCUT2D eigenvalue weighted by Gasteiger charge is 2.36. The lowest BCUT2D eigenvalue weighted by molar-refractivity contribution is 0.0779. The molecule has 7 nitrogen and oxygen atoms in total. The number of hydrogen-bond donors (Lipinski definition) is 1. The predicted molar refractivity (Wildman–Crippen MR) is 118 cm³/mol. The van der Waals surface area contributed by atoms with Crippen LogP contribution in [0.1, 0.15) is 43.6 Å². The Labute approximate surface area is 182 Å². The molecule has 0 spiro atoms. The molecular weight excluding hydrogens is 413 g/mol. The first kappa shape index (κ1) is 23.2. The number of carbonyl (C=O) groups is 1. The van der Waals surface area contributed by atoms with Crippen LogP contribution in [0.25, 0.3) is 22.5 Å². The maximum Gasteiger partial charge on any atom is 0.254 e. The molecule has 158 valence electrons. The normalized spacial score (nSPS) is 18.7. The van der Waals surface area contributed by atoms with Gasteiger partial charge in [0.25, 0.3) is 5.91 Å². The molecule has 1 amide bonds. The van der Waals surface area contributed by atoms with Crippen LogP contribution in [-0.2, 0) is 0 Å². The van der Waals surface area contributed by atoms with Gasteiger partial charge in [0.1, 0.15) is 5.69 Å². The van der Waals surface area contributed by atoms with Gasteiger partial charge in [-0.3, -0.25) is 4.79 Å². The number of amides is 1. The molecular formula is C20H27Cl2N5O2. The largest absolute Gasteiger partial charge is 0.463 e. The third-order valence-corrected chi connectivity index (χ3v) is 5.40. The van der Waals surface area contributed by atoms with Gasteiger partial charge in [-0.1, -0.05) is 6.92 Å². The van der Waals surface area contributed by atoms with Gasteiger partial charge >= 0.3 is 0 Å². The van der Waals surface area contributed by atoms with Crippen molar-refractivity contribution in [3.63, 3.8) is 0 Å². The van der Waals surface area contributed by atoms with Crippen LogP contribution in [0.3, 0.4) is 0 Å². The van der Waals surface area contributed by atoms with E-state index >= 15 is 0 Å². The molecule has 2 N–H and O–H groups in total. The highest BCUT2D eigenvalue weighted by atomic mass is 35.5. The Bertz CT molecular complexity index is 986. The molecule has 1 unspecified atom stereocenters. The predicted octanol–water partition coefficient (Wildman–Crippen LogP) is 3.93. The number of nitrogens with two attached hydrogens (primary N) is 1. The summed E-state index contributed by atoms with van der Waals surface area (Å²) in [4.78, 5) is 20.0. The molecule has 29 heavy (non-hydrogen) atoms. The van der Waals surface area contributed by atoms with E-state index in [1.807, 2.05) is 41.6 Å². The van der Waals surface area contributed by atoms with Crippen LogP contribution in [0.5, 0.6) is 0 Å². The zero-order valence-corrected chi connectivity index (χ0v) is 18.4. The van der Waals surface area contributed by atoms with Crippen molar-refractivity contribution >= 4 is 41.8 Å². The fraction of sp³-hybridized carbons (Fsp3) is 0.450. The average molecular weight is 440 g/mol. The summed E-state index contributed by atoms with van der Waals surface area (Å²) in [6, 6.07) is 5.61. The maximum absolute atomic E-state index is 13.4. The summed E-state index contributed by atoms with van der Waals surface area (Å²) >= 11 is 0. The molecule has 9 heteroatoms. The third kappa shape index (κ3) is 4.13. The summed E-state index contributed by atoms with van der Waals surface area (Å²) in [5.41, 5.74) is 7.84. The van der Waals surface area contributed by atoms with E-state index in [1.165, 1.54) is 0 Å². The summed E-state index contributed by atoms with van der Waals surface area (Å²) < 4.78 is 7.36. The molecule has 4 heterocycles. The number of halogens is 2. The lowest BCUT2D eigenvalue weighted by Gasteiger charge is -2.23. The summed E-state index contributed by atoms with van der Waals surface area (Å²) in [5, 5.41) is 5.23. The highest BCUT2D eigenvalue weighted by Crippen LogP contribution is 2.32. The van der Waals surface area contributed by atoms with Gasteiger partial charge in [-0.05, 0) is 50.4 Å². The minimum absolute atomic E-state index is 0. The standard InChI is InChI=1S/C20H25N5O2.2ClH/c1-13(2)25-18-15(10-22-25)14(9-16(23-18)17-5-4-8-27-17)19(26)24-7-6-20(3,11-21)12-24;;/h4-5,8-10,13H,6-7,11-12,21H2,1-3H3;2*1H. The number of fused-ring (bicyclic) bond motifs is 1. The minimum atomic E-state index is -0.0201. The summed E-state index contributed by atoms with van der Waals surface area (Å²) in [7, 11) is 0. The number of aromatic nitrogens is 3. The molecule has 1 aliphatic heterocycles. The van der Waals surface area contributed by atoms with Crippen molar-refractivity contribution in [2.45, 2.75) is 33.2 Å². The topological polar surface area (TPSA) is 90.2 Å². The lowest BCUT2D eigenvalue weighted by atomic mass is 9.90. The van der Waals surface area contributed by atoms with Gasteiger partial charge in [0.2, 0.25) is 0 Å². The quantitative estimate of drug-likeness (QED) is 0.664. The van der Waals surface area contributed by atoms with Crippen molar-refractivity contribution in [3.8, 4) is 11.5 Å². The van der Waals surface area contributed by atoms with Crippen molar-refractivity contribution in [3.05, 3.63) is 36.2 Å². The van der Waals surface area contributed by atoms with E-state index in [1.54, 1.807) is 12.5 Å². The Kier molecular flexibility index (Phi) is 6.98. The molecule has 0 aromatic carbocycles. The second-order valence-corrected chi connectivity index (χ2v) is 7.94. The fourth-order valence-electron chi connectivity index (χ4n) is 3.66. The van der Waals surface area contributed by atoms with Gasteiger partial charge in [0.15, 0.2) is 11.4 Å². The number of hydrogen-bond acceptors (Lipinski definition) is 5. The third-order valence-electron chi connectivity index (χ3n) is 5.40. The maximum atomic E-state index is 13.4. The second-order valence-electron chi connectivity index (χ2n) is 7.94. The van der Waals surface area contributed by atoms with Gasteiger partial charge < -0.3 is 15.1 Å². The monoisotopic (exact) mass is 439 g/mol. The van der Waals surface area contributed by atoms with Crippen molar-refractivity contribution in [1.29, 1.82) is 0 Å². The zero-order valence-electron chi connectivity index (χ0n) is 16.8. The average Bonchev–Trinajstić information content (AvgIpc) is 3.39. The smallest absolute Gasteiger partial charge is 0.254 e. The molecule has 3 aromatic heterocycles. The van der Waals surface area contributed by atoms with Crippen LogP contribution in [0.15, 0.2) is 35.1 Å². The Balaban J connectivity index is 0.00000150. The minimum Gasteiger partial charge on any atom is -0.463 e. The number of nitrogens with zero attached hydrogens (tertiary/aromatic N) is 4. The lowest BCUT2D eigenvalue weighted by Crippen LogP contribution is -2.34. The van der Waals surface area contributed by atoms with Gasteiger partial charge in [-0.25, -0.2) is 9.67 Å². The highest BCUT2D eigenvalue weighted by molar-refractivity contribution is 6.06. The zero-order chi connectivity index (χ0) is 19.2. The van der Waals surface area contributed by atoms with Crippen LogP contribution >= 0.6 is 24.8 Å². The molecule has 1 fully saturated rings. The Morgan fingerprint density at radius 1 is 1.38 bits per heavy atom. The van der Waals surface area contributed by atoms with Gasteiger partial charge in [0, 0.05) is 19.1 Å². The van der Waals surface area contributed by atoms with Crippen LogP contribution in [-0.4, -0.2) is 45.2 Å². The van der Waals surface area contributed by atoms with Gasteiger partial charge in [0.05, 0.1) is 23.4 Å². The van der Waals surface area contributed by atoms with E-state index in [-0.39, 0.29) is 42.2 Å². The molecule has 0 radical (unpaired) electrons. The van der Waals surface area contributed by atoms with Crippen molar-refractivity contribution < 1.29 is 9.21 Å². The van der Waals surface area contributed by atoms with Crippen molar-refractivity contribution in [2.75, 3.05) is 19.6 Å². The first-order chi connectivity index (χ1) is 12.9. The van der Waals surface area contributed by atoms with Crippen LogP contribution in [0, 0.1) is 5.41 Å². The van der Waals surface area contributed by atoms with Crippen molar-refractivity contribution in [1.82, 2.24) is 19.7 Å². The molecule has 0 saturated carbocycles. The first-order valence-corrected chi connectivity index (χ1v) is 9.33. The van der Waals surface area contributed by atoms with E-state index < -0.39 is 0 Å². The summed E-state index contributed by atoms with van der Waals surface area (Å²) in [6.07, 6.45) is 4.26. The van der Waals surface area contributed by atoms with E-state index in [0.717, 1.165) is 11.8 Å². The van der Waals surface area contributed by atoms with E-state index in [0.29, 0.717) is 42.3 Å². The van der Waals surface area contributed by atoms with Gasteiger partial charge in [-0.2, -0.15) is 5.10 Å². The second kappa shape index (κ2) is 8.73. The summed E-state index contributed by atoms with van der Waals surface area (Å²) in [6.45, 7) is 8.18. The Morgan fingerprint density at radius 2 is 2.14 bits per heavy atom. The molecule has 0 bridgehead atoms. The Hall–Kier alpha value is -2.09. The number of furan rings is 1. The molecule has 4 rings (SSSR count). The van der Waals surface area contributed by atoms with E-state index in [2.05, 4.69) is 12.0 Å².